The van der Waals surface area contributed by atoms with Crippen LogP contribution < -0.4 is 0 Å². The van der Waals surface area contributed by atoms with Crippen molar-refractivity contribution >= 4 is 21.7 Å². The lowest BCUT2D eigenvalue weighted by Crippen LogP contribution is -2.01. The van der Waals surface area contributed by atoms with Gasteiger partial charge < -0.3 is 0 Å². The van der Waals surface area contributed by atoms with Crippen LogP contribution >= 0.6 is 15.9 Å². The molecular formula is C5H5BrN2O2. The van der Waals surface area contributed by atoms with Crippen molar-refractivity contribution in [3.05, 3.63) is 11.4 Å². The molecule has 1 heterocycles. The molecule has 0 bridgehead atoms. The zero-order valence-corrected chi connectivity index (χ0v) is 6.88. The first-order chi connectivity index (χ1) is 4.75. The Morgan fingerprint density at radius 1 is 1.70 bits per heavy atom. The molecule has 0 aliphatic rings. The van der Waals surface area contributed by atoms with Gasteiger partial charge in [-0.05, 0) is 12.1 Å². The molecule has 0 amide bonds. The van der Waals surface area contributed by atoms with Crippen molar-refractivity contribution in [1.82, 2.24) is 10.3 Å². The fourth-order valence-electron chi connectivity index (χ4n) is 0.548. The first kappa shape index (κ1) is 7.40. The fraction of sp³-hybridized carbons (Fsp3) is 0.400. The van der Waals surface area contributed by atoms with Crippen LogP contribution in [0, 0.1) is 6.92 Å². The third kappa shape index (κ3) is 1.23. The number of carbonyl (C=O) groups excluding carboxylic acids is 1. The fourth-order valence-corrected chi connectivity index (χ4v) is 0.813. The van der Waals surface area contributed by atoms with E-state index >= 15 is 0 Å². The molecule has 0 aromatic carbocycles. The van der Waals surface area contributed by atoms with Crippen LogP contribution in [0.15, 0.2) is 4.63 Å². The van der Waals surface area contributed by atoms with Crippen LogP contribution in [-0.4, -0.2) is 21.4 Å². The molecule has 0 radical (unpaired) electrons. The molecule has 1 aromatic rings. The van der Waals surface area contributed by atoms with E-state index in [1.165, 1.54) is 0 Å². The maximum absolute atomic E-state index is 10.9. The van der Waals surface area contributed by atoms with Gasteiger partial charge in [-0.3, -0.25) is 4.79 Å². The number of aryl methyl sites for hydroxylation is 1. The zero-order chi connectivity index (χ0) is 7.56. The molecule has 0 atom stereocenters. The molecule has 0 saturated carbocycles. The average Bonchev–Trinajstić information content (AvgIpc) is 2.34. The number of carbonyl (C=O) groups is 1. The second-order valence-electron chi connectivity index (χ2n) is 1.76. The van der Waals surface area contributed by atoms with E-state index in [0.29, 0.717) is 11.4 Å². The number of hydrogen-bond donors (Lipinski definition) is 0. The first-order valence-corrected chi connectivity index (χ1v) is 3.76. The average molecular weight is 205 g/mol. The van der Waals surface area contributed by atoms with E-state index < -0.39 is 0 Å². The highest BCUT2D eigenvalue weighted by Crippen LogP contribution is 2.02. The van der Waals surface area contributed by atoms with Gasteiger partial charge in [-0.25, -0.2) is 4.63 Å². The monoisotopic (exact) mass is 204 g/mol. The van der Waals surface area contributed by atoms with Gasteiger partial charge in [0.05, 0.1) is 5.33 Å². The van der Waals surface area contributed by atoms with E-state index in [1.54, 1.807) is 6.92 Å². The number of aromatic nitrogens is 2. The van der Waals surface area contributed by atoms with Crippen molar-refractivity contribution < 1.29 is 9.42 Å². The second kappa shape index (κ2) is 2.92. The minimum Gasteiger partial charge on any atom is -0.291 e. The summed E-state index contributed by atoms with van der Waals surface area (Å²) < 4.78 is 4.33. The Morgan fingerprint density at radius 2 is 2.40 bits per heavy atom. The van der Waals surface area contributed by atoms with Gasteiger partial charge in [0, 0.05) is 0 Å². The molecule has 1 rings (SSSR count). The number of ketones is 1. The lowest BCUT2D eigenvalue weighted by atomic mass is 10.3. The van der Waals surface area contributed by atoms with Crippen molar-refractivity contribution in [2.75, 3.05) is 5.33 Å². The van der Waals surface area contributed by atoms with Crippen molar-refractivity contribution in [3.63, 3.8) is 0 Å². The van der Waals surface area contributed by atoms with Crippen molar-refractivity contribution in [2.45, 2.75) is 6.92 Å². The quantitative estimate of drug-likeness (QED) is 0.532. The summed E-state index contributed by atoms with van der Waals surface area (Å²) >= 11 is 3.01. The Labute approximate surface area is 65.7 Å². The molecule has 0 N–H and O–H groups in total. The summed E-state index contributed by atoms with van der Waals surface area (Å²) in [5.41, 5.74) is 0.835. The summed E-state index contributed by atoms with van der Waals surface area (Å²) in [7, 11) is 0. The third-order valence-electron chi connectivity index (χ3n) is 1.04. The van der Waals surface area contributed by atoms with Crippen molar-refractivity contribution in [1.29, 1.82) is 0 Å². The Balaban J connectivity index is 2.93. The summed E-state index contributed by atoms with van der Waals surface area (Å²) in [6, 6.07) is 0. The van der Waals surface area contributed by atoms with E-state index in [4.69, 9.17) is 0 Å². The van der Waals surface area contributed by atoms with Crippen LogP contribution in [0.5, 0.6) is 0 Å². The number of hydrogen-bond acceptors (Lipinski definition) is 4. The predicted molar refractivity (Wildman–Crippen MR) is 37.2 cm³/mol. The number of halogens is 1. The smallest absolute Gasteiger partial charge is 0.197 e. The van der Waals surface area contributed by atoms with E-state index in [2.05, 4.69) is 30.9 Å². The standard InChI is InChI=1S/C5H5BrN2O2/c1-3-5(4(9)2-6)8-10-7-3/h2H2,1H3. The van der Waals surface area contributed by atoms with Crippen LogP contribution in [-0.2, 0) is 0 Å². The third-order valence-corrected chi connectivity index (χ3v) is 1.55. The maximum atomic E-state index is 10.9. The molecule has 0 aliphatic carbocycles. The maximum Gasteiger partial charge on any atom is 0.197 e. The minimum absolute atomic E-state index is 0.112. The molecule has 1 aromatic heterocycles. The van der Waals surface area contributed by atoms with Crippen LogP contribution in [0.2, 0.25) is 0 Å². The normalized spacial score (nSPS) is 9.80. The van der Waals surface area contributed by atoms with Gasteiger partial charge in [-0.1, -0.05) is 21.1 Å². The van der Waals surface area contributed by atoms with Crippen molar-refractivity contribution in [2.24, 2.45) is 0 Å². The van der Waals surface area contributed by atoms with E-state index in [1.807, 2.05) is 0 Å². The van der Waals surface area contributed by atoms with Gasteiger partial charge in [0.1, 0.15) is 5.69 Å². The highest BCUT2D eigenvalue weighted by molar-refractivity contribution is 9.09. The van der Waals surface area contributed by atoms with E-state index in [9.17, 15) is 4.79 Å². The molecule has 0 fully saturated rings. The van der Waals surface area contributed by atoms with Gasteiger partial charge in [0.2, 0.25) is 0 Å². The molecule has 0 aliphatic heterocycles. The zero-order valence-electron chi connectivity index (χ0n) is 5.30. The molecule has 0 spiro atoms. The molecule has 5 heteroatoms. The summed E-state index contributed by atoms with van der Waals surface area (Å²) in [6.07, 6.45) is 0. The number of alkyl halides is 1. The number of rotatable bonds is 2. The Morgan fingerprint density at radius 3 is 2.80 bits per heavy atom. The lowest BCUT2D eigenvalue weighted by molar-refractivity contribution is 0.101. The molecule has 54 valence electrons. The second-order valence-corrected chi connectivity index (χ2v) is 2.32. The SMILES string of the molecule is Cc1nonc1C(=O)CBr. The van der Waals surface area contributed by atoms with Crippen LogP contribution in [0.25, 0.3) is 0 Å². The number of nitrogens with zero attached hydrogens (tertiary/aromatic N) is 2. The molecular weight excluding hydrogens is 200 g/mol. The first-order valence-electron chi connectivity index (χ1n) is 2.64. The molecule has 0 saturated heterocycles. The lowest BCUT2D eigenvalue weighted by Gasteiger charge is -1.85. The predicted octanol–water partition coefficient (Wildman–Crippen LogP) is 0.956. The van der Waals surface area contributed by atoms with Crippen LogP contribution in [0.3, 0.4) is 0 Å². The number of Topliss-reactive ketones (excluding diaryl/α,β-unsaturated/α-hetero) is 1. The summed E-state index contributed by atoms with van der Waals surface area (Å²) in [5, 5.41) is 7.13. The van der Waals surface area contributed by atoms with Gasteiger partial charge >= 0.3 is 0 Å². The van der Waals surface area contributed by atoms with Gasteiger partial charge in [-0.15, -0.1) is 0 Å². The Bertz CT molecular complexity index is 246. The van der Waals surface area contributed by atoms with Gasteiger partial charge in [0.15, 0.2) is 11.5 Å². The summed E-state index contributed by atoms with van der Waals surface area (Å²) in [6.45, 7) is 1.67. The van der Waals surface area contributed by atoms with Crippen molar-refractivity contribution in [3.8, 4) is 0 Å². The highest BCUT2D eigenvalue weighted by atomic mass is 79.9. The Kier molecular flexibility index (Phi) is 2.16. The largest absolute Gasteiger partial charge is 0.291 e. The van der Waals surface area contributed by atoms with E-state index in [-0.39, 0.29) is 11.1 Å². The summed E-state index contributed by atoms with van der Waals surface area (Å²) in [4.78, 5) is 10.9. The van der Waals surface area contributed by atoms with Gasteiger partial charge in [-0.2, -0.15) is 0 Å². The minimum atomic E-state index is -0.112. The molecule has 4 nitrogen and oxygen atoms in total. The Hall–Kier alpha value is -0.710. The molecule has 10 heavy (non-hydrogen) atoms. The van der Waals surface area contributed by atoms with Gasteiger partial charge in [0.25, 0.3) is 0 Å². The molecule has 0 unspecified atom stereocenters. The van der Waals surface area contributed by atoms with Crippen LogP contribution in [0.4, 0.5) is 0 Å². The summed E-state index contributed by atoms with van der Waals surface area (Å²) in [5.74, 6) is -0.112. The topological polar surface area (TPSA) is 56.0 Å². The van der Waals surface area contributed by atoms with Crippen LogP contribution in [0.1, 0.15) is 16.2 Å². The highest BCUT2D eigenvalue weighted by Gasteiger charge is 2.12. The van der Waals surface area contributed by atoms with E-state index in [0.717, 1.165) is 0 Å².